The van der Waals surface area contributed by atoms with Gasteiger partial charge < -0.3 is 9.64 Å². The molecule has 1 heterocycles. The van der Waals surface area contributed by atoms with Crippen molar-refractivity contribution in [1.82, 2.24) is 0 Å². The van der Waals surface area contributed by atoms with Crippen molar-refractivity contribution in [3.63, 3.8) is 0 Å². The zero-order valence-corrected chi connectivity index (χ0v) is 16.8. The Hall–Kier alpha value is -2.12. The molecule has 27 heavy (non-hydrogen) atoms. The largest absolute Gasteiger partial charge is 0.452 e. The number of hydrogen-bond donors (Lipinski definition) is 0. The first kappa shape index (κ1) is 19.6. The van der Waals surface area contributed by atoms with E-state index in [1.807, 2.05) is 24.3 Å². The minimum atomic E-state index is -1.11. The highest BCUT2D eigenvalue weighted by Gasteiger charge is 2.25. The molecular weight excluding hydrogens is 382 g/mol. The Morgan fingerprint density at radius 2 is 1.89 bits per heavy atom. The molecule has 0 spiro atoms. The van der Waals surface area contributed by atoms with Crippen LogP contribution in [0.5, 0.6) is 0 Å². The van der Waals surface area contributed by atoms with Crippen LogP contribution in [0.15, 0.2) is 58.3 Å². The number of carbonyl (C=O) groups excluding carboxylic acids is 2. The molecule has 0 unspecified atom stereocenters. The lowest BCUT2D eigenvalue weighted by Gasteiger charge is -2.22. The smallest absolute Gasteiger partial charge is 0.338 e. The molecule has 0 fully saturated rings. The first-order valence-corrected chi connectivity index (χ1v) is 11.1. The second-order valence-electron chi connectivity index (χ2n) is 6.28. The zero-order chi connectivity index (χ0) is 19.4. The minimum Gasteiger partial charge on any atom is -0.452 e. The summed E-state index contributed by atoms with van der Waals surface area (Å²) in [6.07, 6.45) is 2.44. The summed E-state index contributed by atoms with van der Waals surface area (Å²) in [7, 11) is -1.11. The van der Waals surface area contributed by atoms with E-state index >= 15 is 0 Å². The fourth-order valence-electron chi connectivity index (χ4n) is 2.82. The molecule has 5 nitrogen and oxygen atoms in total. The Morgan fingerprint density at radius 3 is 2.59 bits per heavy atom. The quantitative estimate of drug-likeness (QED) is 0.731. The number of para-hydroxylation sites is 1. The highest BCUT2D eigenvalue weighted by molar-refractivity contribution is 8.00. The number of fused-ring (bicyclic) bond motifs is 1. The Morgan fingerprint density at radius 1 is 1.19 bits per heavy atom. The van der Waals surface area contributed by atoms with Gasteiger partial charge in [0.25, 0.3) is 5.91 Å². The number of carbonyl (C=O) groups is 2. The highest BCUT2D eigenvalue weighted by atomic mass is 32.2. The van der Waals surface area contributed by atoms with Crippen LogP contribution in [0.4, 0.5) is 5.69 Å². The Bertz CT molecular complexity index is 867. The van der Waals surface area contributed by atoms with E-state index in [-0.39, 0.29) is 12.5 Å². The second-order valence-corrected chi connectivity index (χ2v) is 9.14. The van der Waals surface area contributed by atoms with Crippen molar-refractivity contribution in [3.8, 4) is 0 Å². The molecular formula is C20H21NO4S2. The van der Waals surface area contributed by atoms with Crippen molar-refractivity contribution < 1.29 is 18.5 Å². The predicted molar refractivity (Wildman–Crippen MR) is 108 cm³/mol. The molecule has 0 radical (unpaired) electrons. The van der Waals surface area contributed by atoms with Crippen LogP contribution in [0.1, 0.15) is 23.7 Å². The molecule has 1 amide bonds. The molecule has 0 bridgehead atoms. The van der Waals surface area contributed by atoms with Gasteiger partial charge in [0.1, 0.15) is 0 Å². The Balaban J connectivity index is 1.67. The summed E-state index contributed by atoms with van der Waals surface area (Å²) in [4.78, 5) is 28.3. The van der Waals surface area contributed by atoms with Crippen LogP contribution in [0.25, 0.3) is 0 Å². The molecule has 0 aliphatic carbocycles. The summed E-state index contributed by atoms with van der Waals surface area (Å²) in [5, 5.41) is 0.411. The first-order chi connectivity index (χ1) is 13.0. The van der Waals surface area contributed by atoms with E-state index in [0.29, 0.717) is 22.3 Å². The van der Waals surface area contributed by atoms with Crippen LogP contribution in [0, 0.1) is 0 Å². The van der Waals surface area contributed by atoms with Gasteiger partial charge in [0.2, 0.25) is 0 Å². The standard InChI is InChI=1S/C20H21NO4S2/c1-14-11-12-21(17-5-3-4-6-18(17)26-14)19(22)13-25-20(23)15-7-9-16(10-8-15)27(2)24/h3-10,14H,11-13H2,1-2H3/t14-,27-/m0/s1. The summed E-state index contributed by atoms with van der Waals surface area (Å²) < 4.78 is 16.6. The Kier molecular flexibility index (Phi) is 6.34. The molecule has 1 aliphatic heterocycles. The van der Waals surface area contributed by atoms with E-state index in [9.17, 15) is 13.8 Å². The number of rotatable bonds is 4. The average Bonchev–Trinajstić information content (AvgIpc) is 2.84. The van der Waals surface area contributed by atoms with Crippen molar-refractivity contribution in [3.05, 3.63) is 54.1 Å². The maximum absolute atomic E-state index is 12.7. The molecule has 7 heteroatoms. The molecule has 0 N–H and O–H groups in total. The normalized spacial score (nSPS) is 17.6. The fraction of sp³-hybridized carbons (Fsp3) is 0.300. The van der Waals surface area contributed by atoms with Crippen LogP contribution < -0.4 is 4.90 Å². The summed E-state index contributed by atoms with van der Waals surface area (Å²) in [6, 6.07) is 14.2. The van der Waals surface area contributed by atoms with Crippen LogP contribution in [-0.4, -0.2) is 40.7 Å². The molecule has 2 aromatic carbocycles. The number of ether oxygens (including phenoxy) is 1. The topological polar surface area (TPSA) is 63.7 Å². The van der Waals surface area contributed by atoms with Crippen LogP contribution in [0.2, 0.25) is 0 Å². The lowest BCUT2D eigenvalue weighted by Crippen LogP contribution is -2.35. The number of hydrogen-bond acceptors (Lipinski definition) is 5. The van der Waals surface area contributed by atoms with Gasteiger partial charge in [-0.25, -0.2) is 4.79 Å². The third-order valence-electron chi connectivity index (χ3n) is 4.29. The average molecular weight is 404 g/mol. The third kappa shape index (κ3) is 4.78. The summed E-state index contributed by atoms with van der Waals surface area (Å²) in [6.45, 7) is 2.43. The summed E-state index contributed by atoms with van der Waals surface area (Å²) in [5.74, 6) is -0.806. The SMILES string of the molecule is C[C@H]1CCN(C(=O)COC(=O)c2ccc([S@](C)=O)cc2)c2ccccc2S1. The maximum Gasteiger partial charge on any atom is 0.338 e. The predicted octanol–water partition coefficient (Wildman–Crippen LogP) is 3.50. The lowest BCUT2D eigenvalue weighted by molar-refractivity contribution is -0.121. The van der Waals surface area contributed by atoms with E-state index in [0.717, 1.165) is 17.0 Å². The van der Waals surface area contributed by atoms with Crippen molar-refractivity contribution >= 4 is 40.1 Å². The van der Waals surface area contributed by atoms with Crippen molar-refractivity contribution in [2.75, 3.05) is 24.3 Å². The van der Waals surface area contributed by atoms with Crippen molar-refractivity contribution in [1.29, 1.82) is 0 Å². The molecule has 2 aromatic rings. The molecule has 0 aromatic heterocycles. The minimum absolute atomic E-state index is 0.239. The molecule has 0 saturated heterocycles. The van der Waals surface area contributed by atoms with Gasteiger partial charge in [-0.1, -0.05) is 19.1 Å². The molecule has 0 saturated carbocycles. The molecule has 2 atom stereocenters. The van der Waals surface area contributed by atoms with Crippen LogP contribution in [-0.2, 0) is 20.3 Å². The van der Waals surface area contributed by atoms with Gasteiger partial charge >= 0.3 is 5.97 Å². The monoisotopic (exact) mass is 403 g/mol. The fourth-order valence-corrected chi connectivity index (χ4v) is 4.45. The number of anilines is 1. The molecule has 1 aliphatic rings. The van der Waals surface area contributed by atoms with Crippen molar-refractivity contribution in [2.45, 2.75) is 28.4 Å². The number of nitrogens with zero attached hydrogens (tertiary/aromatic N) is 1. The summed E-state index contributed by atoms with van der Waals surface area (Å²) >= 11 is 1.75. The van der Waals surface area contributed by atoms with Crippen LogP contribution >= 0.6 is 11.8 Å². The zero-order valence-electron chi connectivity index (χ0n) is 15.2. The number of esters is 1. The van der Waals surface area contributed by atoms with Gasteiger partial charge in [0.05, 0.1) is 11.3 Å². The summed E-state index contributed by atoms with van der Waals surface area (Å²) in [5.41, 5.74) is 1.19. The Labute approximate surface area is 165 Å². The van der Waals surface area contributed by atoms with E-state index in [1.54, 1.807) is 47.2 Å². The molecule has 142 valence electrons. The van der Waals surface area contributed by atoms with Crippen LogP contribution in [0.3, 0.4) is 0 Å². The number of thioether (sulfide) groups is 1. The number of amides is 1. The van der Waals surface area contributed by atoms with E-state index < -0.39 is 16.8 Å². The third-order valence-corrected chi connectivity index (χ3v) is 6.47. The number of benzene rings is 2. The van der Waals surface area contributed by atoms with Gasteiger partial charge in [-0.15, -0.1) is 11.8 Å². The molecule has 3 rings (SSSR count). The lowest BCUT2D eigenvalue weighted by atomic mass is 10.2. The van der Waals surface area contributed by atoms with E-state index in [4.69, 9.17) is 4.74 Å². The highest BCUT2D eigenvalue weighted by Crippen LogP contribution is 2.37. The van der Waals surface area contributed by atoms with Gasteiger partial charge in [0, 0.05) is 38.6 Å². The van der Waals surface area contributed by atoms with Gasteiger partial charge in [-0.3, -0.25) is 9.00 Å². The maximum atomic E-state index is 12.7. The first-order valence-electron chi connectivity index (χ1n) is 8.62. The van der Waals surface area contributed by atoms with Gasteiger partial charge in [0.15, 0.2) is 6.61 Å². The van der Waals surface area contributed by atoms with Gasteiger partial charge in [-0.2, -0.15) is 0 Å². The van der Waals surface area contributed by atoms with Crippen molar-refractivity contribution in [2.24, 2.45) is 0 Å². The van der Waals surface area contributed by atoms with E-state index in [2.05, 4.69) is 6.92 Å². The second kappa shape index (κ2) is 8.71. The van der Waals surface area contributed by atoms with Gasteiger partial charge in [-0.05, 0) is 42.8 Å². The van der Waals surface area contributed by atoms with E-state index in [1.165, 1.54) is 0 Å².